The Morgan fingerprint density at radius 1 is 0.285 bits per heavy atom. The number of allylic oxidation sites excluding steroid dienone is 6. The molecule has 11 aromatic carbocycles. The number of rotatable bonds is 13. The molecule has 0 aliphatic heterocycles. The average molecular weight is 2880 g/mol. The Balaban J connectivity index is 0.000000523. The van der Waals surface area contributed by atoms with E-state index in [4.69, 9.17) is 25.3 Å². The first-order valence-electron chi connectivity index (χ1n) is 41.6. The number of phenolic OH excluding ortho intramolecular Hbond substituents is 1. The van der Waals surface area contributed by atoms with Crippen LogP contribution in [0.25, 0.3) is 123 Å². The predicted octanol–water partition coefficient (Wildman–Crippen LogP) is 27.7. The van der Waals surface area contributed by atoms with E-state index >= 15 is 0 Å². The van der Waals surface area contributed by atoms with Gasteiger partial charge in [0.2, 0.25) is 0 Å². The first kappa shape index (κ1) is 120. The van der Waals surface area contributed by atoms with Crippen molar-refractivity contribution in [3.63, 3.8) is 0 Å². The van der Waals surface area contributed by atoms with Crippen LogP contribution in [0.2, 0.25) is 0 Å². The number of phenols is 1. The first-order chi connectivity index (χ1) is 63.2. The number of hydrogen-bond donors (Lipinski definition) is 4. The van der Waals surface area contributed by atoms with Crippen LogP contribution in [0.5, 0.6) is 5.75 Å². The summed E-state index contributed by atoms with van der Waals surface area (Å²) in [6, 6.07) is 137. The predicted molar refractivity (Wildman–Crippen MR) is 532 cm³/mol. The number of aromatic nitrogens is 8. The minimum absolute atomic E-state index is 0. The van der Waals surface area contributed by atoms with Crippen molar-refractivity contribution in [2.75, 3.05) is 0 Å². The summed E-state index contributed by atoms with van der Waals surface area (Å²) in [6.45, 7) is 12.7. The minimum atomic E-state index is -0.125. The molecule has 0 amide bonds. The second-order valence-corrected chi connectivity index (χ2v) is 28.7. The molecule has 21 heteroatoms. The molecule has 0 atom stereocenters. The van der Waals surface area contributed by atoms with Gasteiger partial charge in [-0.25, -0.2) is 0 Å². The van der Waals surface area contributed by atoms with E-state index in [1.807, 2.05) is 334 Å². The summed E-state index contributed by atoms with van der Waals surface area (Å²) >= 11 is 0. The van der Waals surface area contributed by atoms with Crippen LogP contribution in [0.1, 0.15) is 52.7 Å². The van der Waals surface area contributed by atoms with Crippen LogP contribution >= 0.6 is 0 Å². The summed E-state index contributed by atoms with van der Waals surface area (Å²) in [4.78, 5) is 65.6. The standard InChI is InChI=1S/C22H15N2.C16H12N2.C15H10N.2C12H10N.C12H10O.C11H8N.3C5H8O2.CH3.5Ir.Pt/c1-4-10-17(11-5-1)20-16-23-21(18-12-6-2-7-13-18)22(24-20)19-14-8-3-9-15-19;1-3-10-17-15(8-1)13-6-5-7-14(12-13)16-9-2-4-11-18-16;1-2-7-13(8-3-1)15-14-9-5-4-6-12(14)10-11-16-15;1-10-5-4-6-11(9-10)12-7-2-3-8-13-12;1-10-5-7-11(8-6-10)12-4-2-3-9-13-12;13-12-9-5-4-8-11(12)10-6-2-1-3-7-10;1-2-6-10(7-3-1)11-8-4-5-9-12-11;3*1-4(6)3-5(2)7;;;;;;;/h1-12,14-16H;1-12H;1-7,9-11H;2-5,7-9H,1H3;2-7,9H,1H3;1-9,13H;1-6,8-9H;3*3,6H,1-2H3;1H3;;;;;;/q-1;;3*-1;;-1;;;;-1;;;;;;. The topological polar surface area (TPSA) is 235 Å². The van der Waals surface area contributed by atoms with E-state index in [2.05, 4.69) is 129 Å². The second-order valence-electron chi connectivity index (χ2n) is 28.7. The van der Waals surface area contributed by atoms with Crippen molar-refractivity contribution in [1.82, 2.24) is 39.9 Å². The molecule has 0 bridgehead atoms. The molecule has 18 rings (SSSR count). The van der Waals surface area contributed by atoms with Gasteiger partial charge in [0, 0.05) is 211 Å². The molecule has 7 aromatic heterocycles. The minimum Gasteiger partial charge on any atom is -0.512 e. The quantitative estimate of drug-likeness (QED) is 0.0477. The van der Waals surface area contributed by atoms with E-state index in [-0.39, 0.29) is 164 Å². The van der Waals surface area contributed by atoms with Crippen LogP contribution in [0.15, 0.2) is 449 Å². The number of pyridine rings is 6. The number of carbonyl (C=O) groups is 3. The Kier molecular flexibility index (Phi) is 59.7. The number of nitrogens with zero attached hydrogens (tertiary/aromatic N) is 8. The molecule has 0 fully saturated rings. The second kappa shape index (κ2) is 68.1. The molecule has 5 radical (unpaired) electrons. The molecule has 0 aliphatic carbocycles. The summed E-state index contributed by atoms with van der Waals surface area (Å²) in [7, 11) is 0. The molecular weight excluding hydrogens is 2770 g/mol. The number of aliphatic hydroxyl groups is 3. The Morgan fingerprint density at radius 3 is 1.07 bits per heavy atom. The van der Waals surface area contributed by atoms with Gasteiger partial charge in [0.1, 0.15) is 5.75 Å². The van der Waals surface area contributed by atoms with Crippen LogP contribution in [0.3, 0.4) is 0 Å². The van der Waals surface area contributed by atoms with Gasteiger partial charge in [-0.2, -0.15) is 0 Å². The number of carbonyl (C=O) groups excluding carboxylic acids is 3. The number of ketones is 3. The molecule has 7 heterocycles. The molecule has 709 valence electrons. The van der Waals surface area contributed by atoms with E-state index in [1.165, 1.54) is 81.7 Å². The zero-order valence-electron chi connectivity index (χ0n) is 76.6. The Hall–Kier alpha value is -13.0. The zero-order chi connectivity index (χ0) is 92.3. The number of para-hydroxylation sites is 1. The summed E-state index contributed by atoms with van der Waals surface area (Å²) in [5.74, 6) is 0.140. The zero-order valence-corrected chi connectivity index (χ0v) is 90.8. The molecule has 0 saturated heterocycles. The van der Waals surface area contributed by atoms with E-state index in [9.17, 15) is 19.5 Å². The van der Waals surface area contributed by atoms with E-state index in [1.54, 1.807) is 24.7 Å². The number of aryl methyl sites for hydroxylation is 2. The molecule has 0 aliphatic rings. The van der Waals surface area contributed by atoms with Crippen LogP contribution in [-0.4, -0.2) is 77.6 Å². The number of benzene rings is 11. The first-order valence-corrected chi connectivity index (χ1v) is 41.6. The summed E-state index contributed by atoms with van der Waals surface area (Å²) in [5, 5.41) is 37.0. The largest absolute Gasteiger partial charge is 0.512 e. The third kappa shape index (κ3) is 44.2. The van der Waals surface area contributed by atoms with E-state index in [0.717, 1.165) is 112 Å². The van der Waals surface area contributed by atoms with Gasteiger partial charge in [-0.3, -0.25) is 29.3 Å². The molecule has 4 N–H and O–H groups in total. The van der Waals surface area contributed by atoms with Crippen molar-refractivity contribution in [2.24, 2.45) is 0 Å². The number of fused-ring (bicyclic) bond motifs is 1. The fraction of sp³-hybridized carbons (Fsp3) is 0.0690. The smallest absolute Gasteiger partial charge is 0.155 e. The van der Waals surface area contributed by atoms with Crippen molar-refractivity contribution in [3.8, 4) is 118 Å². The molecular formula is C116H102Ir5N8O7Pt-6. The summed E-state index contributed by atoms with van der Waals surface area (Å²) in [5.41, 5.74) is 22.3. The molecule has 18 aromatic rings. The molecule has 15 nitrogen and oxygen atoms in total. The molecule has 0 unspecified atom stereocenters. The van der Waals surface area contributed by atoms with Gasteiger partial charge in [-0.1, -0.05) is 214 Å². The van der Waals surface area contributed by atoms with Gasteiger partial charge in [-0.15, -0.1) is 178 Å². The van der Waals surface area contributed by atoms with Gasteiger partial charge >= 0.3 is 0 Å². The maximum absolute atomic E-state index is 10.0. The number of hydrogen-bond acceptors (Lipinski definition) is 15. The van der Waals surface area contributed by atoms with Gasteiger partial charge in [0.25, 0.3) is 0 Å². The maximum atomic E-state index is 10.0. The third-order valence-corrected chi connectivity index (χ3v) is 18.0. The third-order valence-electron chi connectivity index (χ3n) is 18.0. The van der Waals surface area contributed by atoms with Crippen molar-refractivity contribution in [2.45, 2.75) is 55.4 Å². The van der Waals surface area contributed by atoms with Crippen molar-refractivity contribution >= 4 is 28.1 Å². The monoisotopic (exact) mass is 2880 g/mol. The van der Waals surface area contributed by atoms with Crippen LogP contribution in [-0.2, 0) is 136 Å². The van der Waals surface area contributed by atoms with Crippen LogP contribution in [0.4, 0.5) is 0 Å². The van der Waals surface area contributed by atoms with Crippen molar-refractivity contribution in [1.29, 1.82) is 0 Å². The van der Waals surface area contributed by atoms with Crippen LogP contribution < -0.4 is 0 Å². The van der Waals surface area contributed by atoms with Crippen LogP contribution in [0, 0.1) is 51.6 Å². The average Bonchev–Trinajstić information content (AvgIpc) is 0.795. The number of aromatic hydroxyl groups is 1. The SMILES string of the molecule is CC(=O)C=C(C)O.CC(=O)C=C(C)O.CC(=O)C=C(C)O.Cc1c[c-]c(-c2ccccn2)cc1.Cc1cc[c-]c(-c2ccccn2)c1.Oc1ccccc1-c1ccccc1.[CH3-].[Ir].[Ir].[Ir].[Ir].[Ir].[Pt].[c-]1ccccc1-c1ccccn1.[c-]1ccccc1-c1ncc(-c2ccccc2)nc1-c1ccccc1.[c-]1ccccc1-c1nccc2ccccc12.c1ccc(-c2cccc(-c3ccccn3)c2)nc1. The van der Waals surface area contributed by atoms with Gasteiger partial charge < -0.3 is 52.8 Å². The summed E-state index contributed by atoms with van der Waals surface area (Å²) < 4.78 is 0. The molecule has 0 spiro atoms. The fourth-order valence-electron chi connectivity index (χ4n) is 12.2. The Labute approximate surface area is 887 Å². The van der Waals surface area contributed by atoms with E-state index < -0.39 is 0 Å². The fourth-order valence-corrected chi connectivity index (χ4v) is 12.2. The van der Waals surface area contributed by atoms with Crippen molar-refractivity contribution < 1.29 is 156 Å². The molecule has 0 saturated carbocycles. The normalized spacial score (nSPS) is 9.82. The summed E-state index contributed by atoms with van der Waals surface area (Å²) in [6.07, 6.45) is 16.2. The van der Waals surface area contributed by atoms with Gasteiger partial charge in [0.15, 0.2) is 17.3 Å². The maximum Gasteiger partial charge on any atom is 0.155 e. The van der Waals surface area contributed by atoms with Gasteiger partial charge in [0.05, 0.1) is 40.1 Å². The van der Waals surface area contributed by atoms with Gasteiger partial charge in [-0.05, 0) is 147 Å². The molecule has 137 heavy (non-hydrogen) atoms. The van der Waals surface area contributed by atoms with E-state index in [0.29, 0.717) is 5.75 Å². The van der Waals surface area contributed by atoms with Crippen molar-refractivity contribution in [3.05, 3.63) is 498 Å². The Morgan fingerprint density at radius 2 is 0.664 bits per heavy atom. The number of aliphatic hydroxyl groups excluding tert-OH is 3. The Bertz CT molecular complexity index is 6360.